The maximum absolute atomic E-state index is 12.1. The van der Waals surface area contributed by atoms with Gasteiger partial charge in [-0.05, 0) is 52.4 Å². The van der Waals surface area contributed by atoms with Gasteiger partial charge in [0.25, 0.3) is 5.91 Å². The largest absolute Gasteiger partial charge is 0.349 e. The van der Waals surface area contributed by atoms with E-state index in [4.69, 9.17) is 0 Å². The molecule has 1 aliphatic carbocycles. The van der Waals surface area contributed by atoms with Gasteiger partial charge in [-0.1, -0.05) is 24.3 Å². The fourth-order valence-electron chi connectivity index (χ4n) is 2.52. The lowest BCUT2D eigenvalue weighted by Gasteiger charge is -2.25. The van der Waals surface area contributed by atoms with Gasteiger partial charge in [-0.3, -0.25) is 4.79 Å². The zero-order valence-corrected chi connectivity index (χ0v) is 12.8. The molecule has 0 aliphatic heterocycles. The predicted molar refractivity (Wildman–Crippen MR) is 81.7 cm³/mol. The van der Waals surface area contributed by atoms with Crippen LogP contribution in [0.5, 0.6) is 0 Å². The van der Waals surface area contributed by atoms with Crippen molar-refractivity contribution in [2.45, 2.75) is 25.3 Å². The lowest BCUT2D eigenvalue weighted by molar-refractivity contribution is 0.0934. The van der Waals surface area contributed by atoms with E-state index >= 15 is 0 Å². The molecule has 1 aromatic carbocycles. The highest BCUT2D eigenvalue weighted by atomic mass is 79.9. The summed E-state index contributed by atoms with van der Waals surface area (Å²) in [6, 6.07) is 10.6. The van der Waals surface area contributed by atoms with Crippen molar-refractivity contribution < 1.29 is 4.79 Å². The quantitative estimate of drug-likeness (QED) is 0.888. The Bertz CT molecular complexity index is 608. The molecule has 1 amide bonds. The van der Waals surface area contributed by atoms with Crippen LogP contribution in [0.2, 0.25) is 0 Å². The Morgan fingerprint density at radius 2 is 2.11 bits per heavy atom. The van der Waals surface area contributed by atoms with E-state index in [0.29, 0.717) is 0 Å². The van der Waals surface area contributed by atoms with E-state index in [-0.39, 0.29) is 11.9 Å². The molecule has 19 heavy (non-hydrogen) atoms. The van der Waals surface area contributed by atoms with E-state index in [0.717, 1.165) is 28.6 Å². The summed E-state index contributed by atoms with van der Waals surface area (Å²) in [4.78, 5) is 12.1. The summed E-state index contributed by atoms with van der Waals surface area (Å²) in [7, 11) is 0. The van der Waals surface area contributed by atoms with Gasteiger partial charge in [0.2, 0.25) is 0 Å². The van der Waals surface area contributed by atoms with Crippen molar-refractivity contribution >= 4 is 33.2 Å². The maximum Gasteiger partial charge on any atom is 0.252 e. The standard InChI is InChI=1S/C15H14BrNOS/c16-14-8-12(9-19-14)15(18)17-13-6-5-10-3-1-2-4-11(10)7-13/h1-4,8-9,13H,5-7H2,(H,17,18). The molecule has 0 saturated heterocycles. The normalized spacial score (nSPS) is 17.8. The second-order valence-electron chi connectivity index (χ2n) is 4.82. The highest BCUT2D eigenvalue weighted by molar-refractivity contribution is 9.11. The van der Waals surface area contributed by atoms with Gasteiger partial charge in [0, 0.05) is 11.4 Å². The van der Waals surface area contributed by atoms with Crippen LogP contribution < -0.4 is 5.32 Å². The highest BCUT2D eigenvalue weighted by Gasteiger charge is 2.20. The summed E-state index contributed by atoms with van der Waals surface area (Å²) in [5, 5.41) is 5.02. The molecule has 4 heteroatoms. The molecule has 1 heterocycles. The maximum atomic E-state index is 12.1. The Hall–Kier alpha value is -1.13. The molecule has 98 valence electrons. The van der Waals surface area contributed by atoms with Crippen molar-refractivity contribution in [2.75, 3.05) is 0 Å². The molecule has 1 unspecified atom stereocenters. The fraction of sp³-hybridized carbons (Fsp3) is 0.267. The molecule has 1 atom stereocenters. The molecule has 0 saturated carbocycles. The summed E-state index contributed by atoms with van der Waals surface area (Å²) < 4.78 is 0.992. The Balaban J connectivity index is 1.68. The first-order valence-electron chi connectivity index (χ1n) is 6.34. The van der Waals surface area contributed by atoms with Crippen LogP contribution in [0.3, 0.4) is 0 Å². The molecule has 3 rings (SSSR count). The van der Waals surface area contributed by atoms with Crippen LogP contribution >= 0.6 is 27.3 Å². The summed E-state index contributed by atoms with van der Waals surface area (Å²) >= 11 is 4.92. The molecule has 1 aliphatic rings. The minimum absolute atomic E-state index is 0.0336. The number of rotatable bonds is 2. The SMILES string of the molecule is O=C(NC1CCc2ccccc2C1)c1csc(Br)c1. The molecule has 0 radical (unpaired) electrons. The third-order valence-corrected chi connectivity index (χ3v) is 5.02. The number of benzene rings is 1. The molecule has 1 N–H and O–H groups in total. The average Bonchev–Trinajstić information content (AvgIpc) is 2.85. The monoisotopic (exact) mass is 335 g/mol. The first-order valence-corrected chi connectivity index (χ1v) is 8.01. The number of thiophene rings is 1. The third kappa shape index (κ3) is 2.90. The van der Waals surface area contributed by atoms with E-state index in [9.17, 15) is 4.79 Å². The smallest absolute Gasteiger partial charge is 0.252 e. The van der Waals surface area contributed by atoms with Crippen molar-refractivity contribution in [1.82, 2.24) is 5.32 Å². The third-order valence-electron chi connectivity index (χ3n) is 3.51. The van der Waals surface area contributed by atoms with Crippen LogP contribution in [0.25, 0.3) is 0 Å². The second-order valence-corrected chi connectivity index (χ2v) is 7.11. The summed E-state index contributed by atoms with van der Waals surface area (Å²) in [5.74, 6) is 0.0336. The van der Waals surface area contributed by atoms with E-state index in [1.54, 1.807) is 0 Å². The van der Waals surface area contributed by atoms with Crippen molar-refractivity contribution in [3.8, 4) is 0 Å². The number of amides is 1. The Morgan fingerprint density at radius 3 is 2.84 bits per heavy atom. The minimum atomic E-state index is 0.0336. The number of carbonyl (C=O) groups excluding carboxylic acids is 1. The number of hydrogen-bond donors (Lipinski definition) is 1. The Morgan fingerprint density at radius 1 is 1.32 bits per heavy atom. The van der Waals surface area contributed by atoms with Gasteiger partial charge in [0.15, 0.2) is 0 Å². The van der Waals surface area contributed by atoms with Crippen molar-refractivity contribution in [3.05, 3.63) is 56.2 Å². The molecule has 1 aromatic heterocycles. The molecular formula is C15H14BrNOS. The highest BCUT2D eigenvalue weighted by Crippen LogP contribution is 2.23. The topological polar surface area (TPSA) is 29.1 Å². The van der Waals surface area contributed by atoms with Gasteiger partial charge >= 0.3 is 0 Å². The summed E-state index contributed by atoms with van der Waals surface area (Å²) in [6.07, 6.45) is 3.01. The van der Waals surface area contributed by atoms with Gasteiger partial charge in [0.1, 0.15) is 0 Å². The van der Waals surface area contributed by atoms with Crippen molar-refractivity contribution in [1.29, 1.82) is 0 Å². The number of fused-ring (bicyclic) bond motifs is 1. The molecule has 0 bridgehead atoms. The number of nitrogens with one attached hydrogen (secondary N) is 1. The van der Waals surface area contributed by atoms with Crippen LogP contribution in [0.4, 0.5) is 0 Å². The second kappa shape index (κ2) is 5.47. The summed E-state index contributed by atoms with van der Waals surface area (Å²) in [5.41, 5.74) is 3.53. The zero-order chi connectivity index (χ0) is 13.2. The molecule has 2 aromatic rings. The van der Waals surface area contributed by atoms with Gasteiger partial charge in [-0.25, -0.2) is 0 Å². The van der Waals surface area contributed by atoms with Gasteiger partial charge < -0.3 is 5.32 Å². The fourth-order valence-corrected chi connectivity index (χ4v) is 3.66. The zero-order valence-electron chi connectivity index (χ0n) is 10.4. The van der Waals surface area contributed by atoms with Crippen LogP contribution in [0.15, 0.2) is 39.5 Å². The first-order chi connectivity index (χ1) is 9.22. The van der Waals surface area contributed by atoms with Crippen LogP contribution in [0.1, 0.15) is 27.9 Å². The number of carbonyl (C=O) groups is 1. The minimum Gasteiger partial charge on any atom is -0.349 e. The lowest BCUT2D eigenvalue weighted by atomic mass is 9.88. The van der Waals surface area contributed by atoms with Crippen molar-refractivity contribution in [3.63, 3.8) is 0 Å². The van der Waals surface area contributed by atoms with Gasteiger partial charge in [0.05, 0.1) is 9.35 Å². The Kier molecular flexibility index (Phi) is 3.71. The number of halogens is 1. The predicted octanol–water partition coefficient (Wildman–Crippen LogP) is 3.80. The Labute approximate surface area is 125 Å². The average molecular weight is 336 g/mol. The molecule has 0 fully saturated rings. The van der Waals surface area contributed by atoms with E-state index in [2.05, 4.69) is 45.5 Å². The molecular weight excluding hydrogens is 322 g/mol. The molecule has 2 nitrogen and oxygen atoms in total. The molecule has 0 spiro atoms. The van der Waals surface area contributed by atoms with E-state index < -0.39 is 0 Å². The van der Waals surface area contributed by atoms with Crippen molar-refractivity contribution in [2.24, 2.45) is 0 Å². The summed E-state index contributed by atoms with van der Waals surface area (Å²) in [6.45, 7) is 0. The lowest BCUT2D eigenvalue weighted by Crippen LogP contribution is -2.38. The van der Waals surface area contributed by atoms with Gasteiger partial charge in [-0.15, -0.1) is 11.3 Å². The van der Waals surface area contributed by atoms with Crippen LogP contribution in [0, 0.1) is 0 Å². The first kappa shape index (κ1) is 12.9. The number of hydrogen-bond acceptors (Lipinski definition) is 2. The van der Waals surface area contributed by atoms with E-state index in [1.807, 2.05) is 11.4 Å². The van der Waals surface area contributed by atoms with Crippen LogP contribution in [-0.2, 0) is 12.8 Å². The number of aryl methyl sites for hydroxylation is 1. The van der Waals surface area contributed by atoms with E-state index in [1.165, 1.54) is 22.5 Å². The van der Waals surface area contributed by atoms with Gasteiger partial charge in [-0.2, -0.15) is 0 Å². The van der Waals surface area contributed by atoms with Crippen LogP contribution in [-0.4, -0.2) is 11.9 Å².